The molecule has 0 saturated carbocycles. The largest absolute Gasteiger partial charge is 0.481 e. The lowest BCUT2D eigenvalue weighted by molar-refractivity contribution is -0.143. The number of carboxylic acid groups (broad SMARTS) is 1. The quantitative estimate of drug-likeness (QED) is 0.829. The van der Waals surface area contributed by atoms with Gasteiger partial charge in [-0.25, -0.2) is 0 Å². The molecule has 1 atom stereocenters. The van der Waals surface area contributed by atoms with Gasteiger partial charge < -0.3 is 5.11 Å². The maximum Gasteiger partial charge on any atom is 0.306 e. The molecule has 6 heteroatoms. The number of piperidine rings is 1. The monoisotopic (exact) mass is 369 g/mol. The fourth-order valence-electron chi connectivity index (χ4n) is 3.15. The van der Waals surface area contributed by atoms with Gasteiger partial charge in [0, 0.05) is 10.0 Å². The van der Waals surface area contributed by atoms with Crippen LogP contribution in [0.15, 0.2) is 35.0 Å². The molecule has 3 nitrogen and oxygen atoms in total. The summed E-state index contributed by atoms with van der Waals surface area (Å²) >= 11 is 14.1. The zero-order valence-corrected chi connectivity index (χ0v) is 14.7. The minimum atomic E-state index is -0.693. The third kappa shape index (κ3) is 3.72. The lowest BCUT2D eigenvalue weighted by Gasteiger charge is -2.37. The second-order valence-electron chi connectivity index (χ2n) is 5.77. The maximum absolute atomic E-state index is 11.2. The topological polar surface area (TPSA) is 40.5 Å². The second-order valence-corrected chi connectivity index (χ2v) is 7.40. The number of aliphatic carboxylic acids is 1. The third-order valence-corrected chi connectivity index (χ3v) is 5.62. The van der Waals surface area contributed by atoms with Crippen molar-refractivity contribution in [2.75, 3.05) is 13.1 Å². The van der Waals surface area contributed by atoms with E-state index in [2.05, 4.69) is 21.7 Å². The van der Waals surface area contributed by atoms with Crippen LogP contribution < -0.4 is 0 Å². The number of rotatable bonds is 4. The highest BCUT2D eigenvalue weighted by molar-refractivity contribution is 7.08. The van der Waals surface area contributed by atoms with Crippen molar-refractivity contribution in [3.05, 3.63) is 56.2 Å². The highest BCUT2D eigenvalue weighted by Gasteiger charge is 2.31. The number of carbonyl (C=O) groups is 1. The molecule has 1 aliphatic rings. The van der Waals surface area contributed by atoms with Crippen LogP contribution in [0.2, 0.25) is 10.0 Å². The number of hydrogen-bond donors (Lipinski definition) is 1. The van der Waals surface area contributed by atoms with Crippen molar-refractivity contribution in [1.29, 1.82) is 0 Å². The lowest BCUT2D eigenvalue weighted by atomic mass is 9.92. The number of hydrogen-bond acceptors (Lipinski definition) is 3. The summed E-state index contributed by atoms with van der Waals surface area (Å²) in [6.07, 6.45) is 1.34. The SMILES string of the molecule is O=C(O)C1CCN(C(c2ccsc2)c2ccc(Cl)cc2Cl)CC1. The molecule has 1 unspecified atom stereocenters. The van der Waals surface area contributed by atoms with Gasteiger partial charge in [0.05, 0.1) is 12.0 Å². The molecule has 122 valence electrons. The molecule has 0 spiro atoms. The van der Waals surface area contributed by atoms with E-state index in [9.17, 15) is 9.90 Å². The lowest BCUT2D eigenvalue weighted by Crippen LogP contribution is -2.39. The van der Waals surface area contributed by atoms with E-state index in [1.807, 2.05) is 12.1 Å². The van der Waals surface area contributed by atoms with Crippen LogP contribution in [0, 0.1) is 5.92 Å². The van der Waals surface area contributed by atoms with E-state index in [1.54, 1.807) is 17.4 Å². The Morgan fingerprint density at radius 2 is 2.00 bits per heavy atom. The fraction of sp³-hybridized carbons (Fsp3) is 0.353. The Kier molecular flexibility index (Phi) is 5.27. The molecule has 0 amide bonds. The number of carboxylic acids is 1. The Labute approximate surface area is 149 Å². The first-order valence-corrected chi connectivity index (χ1v) is 9.20. The predicted octanol–water partition coefficient (Wildman–Crippen LogP) is 4.94. The molecule has 0 radical (unpaired) electrons. The molecule has 1 aromatic heterocycles. The van der Waals surface area contributed by atoms with Crippen molar-refractivity contribution in [3.63, 3.8) is 0 Å². The molecule has 3 rings (SSSR count). The van der Waals surface area contributed by atoms with Crippen LogP contribution in [-0.4, -0.2) is 29.1 Å². The molecule has 1 aromatic carbocycles. The van der Waals surface area contributed by atoms with Crippen LogP contribution in [-0.2, 0) is 4.79 Å². The van der Waals surface area contributed by atoms with Gasteiger partial charge in [0.15, 0.2) is 0 Å². The molecule has 1 saturated heterocycles. The van der Waals surface area contributed by atoms with Crippen LogP contribution in [0.4, 0.5) is 0 Å². The second kappa shape index (κ2) is 7.22. The fourth-order valence-corrected chi connectivity index (χ4v) is 4.34. The molecular weight excluding hydrogens is 353 g/mol. The standard InChI is InChI=1S/C17H17Cl2NO2S/c18-13-1-2-14(15(19)9-13)16(12-5-8-23-10-12)20-6-3-11(4-7-20)17(21)22/h1-2,5,8-11,16H,3-4,6-7H2,(H,21,22). The summed E-state index contributed by atoms with van der Waals surface area (Å²) in [6.45, 7) is 1.49. The summed E-state index contributed by atoms with van der Waals surface area (Å²) in [7, 11) is 0. The van der Waals surface area contributed by atoms with Crippen LogP contribution in [0.5, 0.6) is 0 Å². The van der Waals surface area contributed by atoms with Gasteiger partial charge in [-0.3, -0.25) is 9.69 Å². The minimum absolute atomic E-state index is 0.0424. The van der Waals surface area contributed by atoms with Crippen LogP contribution in [0.1, 0.15) is 30.0 Å². The van der Waals surface area contributed by atoms with Crippen molar-refractivity contribution in [2.45, 2.75) is 18.9 Å². The van der Waals surface area contributed by atoms with Gasteiger partial charge in [-0.1, -0.05) is 29.3 Å². The number of halogens is 2. The minimum Gasteiger partial charge on any atom is -0.481 e. The Balaban J connectivity index is 1.90. The summed E-state index contributed by atoms with van der Waals surface area (Å²) in [5.41, 5.74) is 2.20. The van der Waals surface area contributed by atoms with E-state index in [1.165, 1.54) is 5.56 Å². The Bertz CT molecular complexity index is 682. The summed E-state index contributed by atoms with van der Waals surface area (Å²) in [5.74, 6) is -0.934. The van der Waals surface area contributed by atoms with Crippen LogP contribution in [0.3, 0.4) is 0 Å². The summed E-state index contributed by atoms with van der Waals surface area (Å²) in [6, 6.07) is 7.73. The molecule has 1 fully saturated rings. The van der Waals surface area contributed by atoms with Crippen molar-refractivity contribution >= 4 is 40.5 Å². The average Bonchev–Trinajstić information content (AvgIpc) is 3.04. The van der Waals surface area contributed by atoms with Gasteiger partial charge in [-0.15, -0.1) is 0 Å². The normalized spacial score (nSPS) is 18.0. The Morgan fingerprint density at radius 1 is 1.26 bits per heavy atom. The third-order valence-electron chi connectivity index (χ3n) is 4.36. The smallest absolute Gasteiger partial charge is 0.306 e. The molecule has 0 aliphatic carbocycles. The predicted molar refractivity (Wildman–Crippen MR) is 94.6 cm³/mol. The number of thiophene rings is 1. The van der Waals surface area contributed by atoms with Gasteiger partial charge in [-0.2, -0.15) is 11.3 Å². The first-order chi connectivity index (χ1) is 11.1. The van der Waals surface area contributed by atoms with Gasteiger partial charge in [-0.05, 0) is 66.0 Å². The molecule has 0 bridgehead atoms. The average molecular weight is 370 g/mol. The molecule has 1 aliphatic heterocycles. The van der Waals surface area contributed by atoms with Crippen LogP contribution in [0.25, 0.3) is 0 Å². The van der Waals surface area contributed by atoms with E-state index in [4.69, 9.17) is 23.2 Å². The molecule has 2 heterocycles. The number of likely N-dealkylation sites (tertiary alicyclic amines) is 1. The first-order valence-electron chi connectivity index (χ1n) is 7.50. The van der Waals surface area contributed by atoms with Gasteiger partial charge in [0.25, 0.3) is 0 Å². The molecule has 2 aromatic rings. The van der Waals surface area contributed by atoms with Crippen LogP contribution >= 0.6 is 34.5 Å². The van der Waals surface area contributed by atoms with E-state index in [-0.39, 0.29) is 12.0 Å². The first kappa shape index (κ1) is 16.8. The Morgan fingerprint density at radius 3 is 2.57 bits per heavy atom. The van der Waals surface area contributed by atoms with E-state index < -0.39 is 5.97 Å². The summed E-state index contributed by atoms with van der Waals surface area (Å²) < 4.78 is 0. The maximum atomic E-state index is 11.2. The van der Waals surface area contributed by atoms with Crippen molar-refractivity contribution in [1.82, 2.24) is 4.90 Å². The highest BCUT2D eigenvalue weighted by atomic mass is 35.5. The summed E-state index contributed by atoms with van der Waals surface area (Å²) in [5, 5.41) is 14.6. The molecular formula is C17H17Cl2NO2S. The van der Waals surface area contributed by atoms with Gasteiger partial charge in [0.1, 0.15) is 0 Å². The highest BCUT2D eigenvalue weighted by Crippen LogP contribution is 2.37. The van der Waals surface area contributed by atoms with Crippen molar-refractivity contribution in [2.24, 2.45) is 5.92 Å². The van der Waals surface area contributed by atoms with Crippen molar-refractivity contribution in [3.8, 4) is 0 Å². The Hall–Kier alpha value is -1.07. The zero-order chi connectivity index (χ0) is 16.4. The van der Waals surface area contributed by atoms with Gasteiger partial charge in [0.2, 0.25) is 0 Å². The van der Waals surface area contributed by atoms with E-state index in [0.29, 0.717) is 22.9 Å². The summed E-state index contributed by atoms with van der Waals surface area (Å²) in [4.78, 5) is 13.5. The van der Waals surface area contributed by atoms with E-state index >= 15 is 0 Å². The zero-order valence-electron chi connectivity index (χ0n) is 12.4. The molecule has 1 N–H and O–H groups in total. The number of nitrogens with zero attached hydrogens (tertiary/aromatic N) is 1. The van der Waals surface area contributed by atoms with Gasteiger partial charge >= 0.3 is 5.97 Å². The van der Waals surface area contributed by atoms with E-state index in [0.717, 1.165) is 18.7 Å². The van der Waals surface area contributed by atoms with Crippen molar-refractivity contribution < 1.29 is 9.90 Å². The molecule has 23 heavy (non-hydrogen) atoms. The number of benzene rings is 1.